The van der Waals surface area contributed by atoms with E-state index in [9.17, 15) is 8.42 Å². The van der Waals surface area contributed by atoms with Crippen molar-refractivity contribution in [2.75, 3.05) is 0 Å². The minimum atomic E-state index is -3.46. The van der Waals surface area contributed by atoms with Crippen molar-refractivity contribution in [2.45, 2.75) is 43.0 Å². The fourth-order valence-corrected chi connectivity index (χ4v) is 4.07. The van der Waals surface area contributed by atoms with Crippen LogP contribution >= 0.6 is 0 Å². The summed E-state index contributed by atoms with van der Waals surface area (Å²) in [5.74, 6) is 0.601. The number of tetrazole rings is 1. The van der Waals surface area contributed by atoms with Crippen LogP contribution in [0.15, 0.2) is 29.2 Å². The molecule has 0 unspecified atom stereocenters. The lowest BCUT2D eigenvalue weighted by atomic mass is 9.96. The lowest BCUT2D eigenvalue weighted by molar-refractivity contribution is 0.412. The Bertz CT molecular complexity index is 733. The van der Waals surface area contributed by atoms with Gasteiger partial charge in [0.05, 0.1) is 4.90 Å². The summed E-state index contributed by atoms with van der Waals surface area (Å²) in [4.78, 5) is 0.275. The number of aryl methyl sites for hydroxylation is 1. The molecule has 1 aliphatic rings. The van der Waals surface area contributed by atoms with Gasteiger partial charge < -0.3 is 0 Å². The van der Waals surface area contributed by atoms with E-state index in [1.165, 1.54) is 6.42 Å². The molecule has 2 aromatic rings. The Morgan fingerprint density at radius 2 is 1.82 bits per heavy atom. The molecule has 7 nitrogen and oxygen atoms in total. The summed E-state index contributed by atoms with van der Waals surface area (Å²) < 4.78 is 29.2. The van der Waals surface area contributed by atoms with E-state index in [0.29, 0.717) is 5.82 Å². The summed E-state index contributed by atoms with van der Waals surface area (Å²) in [6.45, 7) is 0. The van der Waals surface area contributed by atoms with Crippen LogP contribution in [-0.4, -0.2) is 34.7 Å². The zero-order valence-corrected chi connectivity index (χ0v) is 13.3. The van der Waals surface area contributed by atoms with Crippen LogP contribution in [0.1, 0.15) is 32.1 Å². The summed E-state index contributed by atoms with van der Waals surface area (Å²) in [5.41, 5.74) is 0.782. The number of nitrogens with one attached hydrogen (secondary N) is 1. The molecule has 0 aliphatic heterocycles. The molecule has 0 saturated heterocycles. The van der Waals surface area contributed by atoms with Gasteiger partial charge in [-0.15, -0.1) is 5.10 Å². The zero-order valence-electron chi connectivity index (χ0n) is 12.4. The van der Waals surface area contributed by atoms with Crippen molar-refractivity contribution in [2.24, 2.45) is 7.05 Å². The van der Waals surface area contributed by atoms with E-state index in [2.05, 4.69) is 20.2 Å². The van der Waals surface area contributed by atoms with Gasteiger partial charge in [-0.2, -0.15) is 0 Å². The lowest BCUT2D eigenvalue weighted by Gasteiger charge is -2.22. The van der Waals surface area contributed by atoms with E-state index in [1.807, 2.05) is 0 Å². The standard InChI is InChI=1S/C14H19N5O2S/c1-19-14(15-17-18-19)11-7-9-13(10-8-11)22(20,21)16-12-5-3-2-4-6-12/h7-10,12,16H,2-6H2,1H3. The molecule has 1 aromatic heterocycles. The van der Waals surface area contributed by atoms with Crippen molar-refractivity contribution >= 4 is 10.0 Å². The highest BCUT2D eigenvalue weighted by Gasteiger charge is 2.21. The normalized spacial score (nSPS) is 16.8. The van der Waals surface area contributed by atoms with Crippen LogP contribution in [0.5, 0.6) is 0 Å². The maximum atomic E-state index is 12.4. The molecule has 1 aromatic carbocycles. The van der Waals surface area contributed by atoms with E-state index in [1.54, 1.807) is 36.0 Å². The molecule has 1 fully saturated rings. The topological polar surface area (TPSA) is 89.8 Å². The van der Waals surface area contributed by atoms with E-state index < -0.39 is 10.0 Å². The summed E-state index contributed by atoms with van der Waals surface area (Å²) in [6.07, 6.45) is 5.21. The first-order valence-electron chi connectivity index (χ1n) is 7.41. The second kappa shape index (κ2) is 6.13. The summed E-state index contributed by atoms with van der Waals surface area (Å²) in [6, 6.07) is 6.69. The molecule has 22 heavy (non-hydrogen) atoms. The first-order chi connectivity index (χ1) is 10.6. The van der Waals surface area contributed by atoms with Gasteiger partial charge in [-0.3, -0.25) is 0 Å². The van der Waals surface area contributed by atoms with Crippen molar-refractivity contribution in [1.82, 2.24) is 24.9 Å². The predicted octanol–water partition coefficient (Wildman–Crippen LogP) is 1.49. The number of benzene rings is 1. The number of rotatable bonds is 4. The Hall–Kier alpha value is -1.80. The predicted molar refractivity (Wildman–Crippen MR) is 81.4 cm³/mol. The number of hydrogen-bond donors (Lipinski definition) is 1. The van der Waals surface area contributed by atoms with Crippen LogP contribution in [-0.2, 0) is 17.1 Å². The maximum Gasteiger partial charge on any atom is 0.240 e. The Balaban J connectivity index is 1.78. The second-order valence-electron chi connectivity index (χ2n) is 5.61. The molecule has 1 N–H and O–H groups in total. The van der Waals surface area contributed by atoms with Crippen LogP contribution in [0.25, 0.3) is 11.4 Å². The van der Waals surface area contributed by atoms with Crippen molar-refractivity contribution in [3.8, 4) is 11.4 Å². The molecule has 0 amide bonds. The largest absolute Gasteiger partial charge is 0.240 e. The van der Waals surface area contributed by atoms with E-state index in [-0.39, 0.29) is 10.9 Å². The SMILES string of the molecule is Cn1nnnc1-c1ccc(S(=O)(=O)NC2CCCCC2)cc1. The summed E-state index contributed by atoms with van der Waals surface area (Å²) in [5, 5.41) is 11.3. The molecule has 0 atom stereocenters. The Kier molecular flexibility index (Phi) is 4.21. The van der Waals surface area contributed by atoms with Crippen molar-refractivity contribution in [3.63, 3.8) is 0 Å². The number of aromatic nitrogens is 4. The monoisotopic (exact) mass is 321 g/mol. The number of hydrogen-bond acceptors (Lipinski definition) is 5. The van der Waals surface area contributed by atoms with Gasteiger partial charge in [0.2, 0.25) is 10.0 Å². The fourth-order valence-electron chi connectivity index (χ4n) is 2.77. The Morgan fingerprint density at radius 1 is 1.14 bits per heavy atom. The van der Waals surface area contributed by atoms with Crippen molar-refractivity contribution < 1.29 is 8.42 Å². The number of sulfonamides is 1. The van der Waals surface area contributed by atoms with Gasteiger partial charge in [-0.25, -0.2) is 17.8 Å². The number of nitrogens with zero attached hydrogens (tertiary/aromatic N) is 4. The van der Waals surface area contributed by atoms with Gasteiger partial charge >= 0.3 is 0 Å². The van der Waals surface area contributed by atoms with Gasteiger partial charge in [0.1, 0.15) is 0 Å². The molecular formula is C14H19N5O2S. The van der Waals surface area contributed by atoms with Crippen LogP contribution in [0, 0.1) is 0 Å². The first kappa shape index (κ1) is 15.1. The van der Waals surface area contributed by atoms with Crippen LogP contribution in [0.3, 0.4) is 0 Å². The first-order valence-corrected chi connectivity index (χ1v) is 8.90. The molecule has 1 saturated carbocycles. The smallest absolute Gasteiger partial charge is 0.229 e. The Labute approximate surface area is 129 Å². The van der Waals surface area contributed by atoms with E-state index >= 15 is 0 Å². The molecule has 118 valence electrons. The maximum absolute atomic E-state index is 12.4. The highest BCUT2D eigenvalue weighted by atomic mass is 32.2. The third-order valence-electron chi connectivity index (χ3n) is 3.97. The highest BCUT2D eigenvalue weighted by molar-refractivity contribution is 7.89. The Morgan fingerprint density at radius 3 is 2.41 bits per heavy atom. The highest BCUT2D eigenvalue weighted by Crippen LogP contribution is 2.21. The van der Waals surface area contributed by atoms with Gasteiger partial charge in [0.15, 0.2) is 5.82 Å². The van der Waals surface area contributed by atoms with Crippen LogP contribution in [0.2, 0.25) is 0 Å². The van der Waals surface area contributed by atoms with Gasteiger partial charge in [-0.1, -0.05) is 19.3 Å². The molecule has 0 spiro atoms. The average molecular weight is 321 g/mol. The zero-order chi connectivity index (χ0) is 15.6. The van der Waals surface area contributed by atoms with Gasteiger partial charge in [0.25, 0.3) is 0 Å². The second-order valence-corrected chi connectivity index (χ2v) is 7.32. The lowest BCUT2D eigenvalue weighted by Crippen LogP contribution is -2.36. The molecule has 1 heterocycles. The minimum absolute atomic E-state index is 0.0568. The third-order valence-corrected chi connectivity index (χ3v) is 5.51. The van der Waals surface area contributed by atoms with Crippen molar-refractivity contribution in [3.05, 3.63) is 24.3 Å². The van der Waals surface area contributed by atoms with E-state index in [0.717, 1.165) is 31.2 Å². The quantitative estimate of drug-likeness (QED) is 0.921. The van der Waals surface area contributed by atoms with Crippen LogP contribution < -0.4 is 4.72 Å². The average Bonchev–Trinajstić information content (AvgIpc) is 2.94. The van der Waals surface area contributed by atoms with Gasteiger partial charge in [-0.05, 0) is 47.5 Å². The van der Waals surface area contributed by atoms with E-state index in [4.69, 9.17) is 0 Å². The molecular weight excluding hydrogens is 302 g/mol. The molecule has 1 aliphatic carbocycles. The fraction of sp³-hybridized carbons (Fsp3) is 0.500. The summed E-state index contributed by atoms with van der Waals surface area (Å²) >= 11 is 0. The van der Waals surface area contributed by atoms with Gasteiger partial charge in [0, 0.05) is 18.7 Å². The minimum Gasteiger partial charge on any atom is -0.229 e. The molecule has 0 bridgehead atoms. The molecule has 3 rings (SSSR count). The summed E-state index contributed by atoms with van der Waals surface area (Å²) in [7, 11) is -1.72. The molecule has 0 radical (unpaired) electrons. The molecule has 8 heteroatoms. The third kappa shape index (κ3) is 3.17. The van der Waals surface area contributed by atoms with Crippen molar-refractivity contribution in [1.29, 1.82) is 0 Å². The van der Waals surface area contributed by atoms with Crippen LogP contribution in [0.4, 0.5) is 0 Å².